The Kier molecular flexibility index (Phi) is 3.55. The molecule has 0 spiro atoms. The van der Waals surface area contributed by atoms with E-state index in [0.29, 0.717) is 12.2 Å². The van der Waals surface area contributed by atoms with Crippen LogP contribution in [0.4, 0.5) is 15.8 Å². The number of nitrogens with zero attached hydrogens (tertiary/aromatic N) is 1. The van der Waals surface area contributed by atoms with E-state index in [0.717, 1.165) is 12.0 Å². The van der Waals surface area contributed by atoms with Gasteiger partial charge in [-0.1, -0.05) is 12.1 Å². The topological polar surface area (TPSA) is 50.9 Å². The van der Waals surface area contributed by atoms with Gasteiger partial charge in [-0.15, -0.1) is 0 Å². The monoisotopic (exact) mass is 231 g/mol. The van der Waals surface area contributed by atoms with Gasteiger partial charge in [0, 0.05) is 18.9 Å². The zero-order chi connectivity index (χ0) is 12.1. The summed E-state index contributed by atoms with van der Waals surface area (Å²) in [5, 5.41) is 3.11. The molecule has 0 saturated heterocycles. The van der Waals surface area contributed by atoms with Crippen LogP contribution in [-0.4, -0.2) is 11.5 Å². The van der Waals surface area contributed by atoms with Crippen LogP contribution in [0.2, 0.25) is 0 Å². The molecule has 0 aliphatic heterocycles. The lowest BCUT2D eigenvalue weighted by atomic mass is 10.2. The number of aromatic nitrogens is 1. The first-order valence-electron chi connectivity index (χ1n) is 5.44. The lowest BCUT2D eigenvalue weighted by Gasteiger charge is -2.09. The fourth-order valence-electron chi connectivity index (χ4n) is 1.58. The molecule has 0 unspecified atom stereocenters. The lowest BCUT2D eigenvalue weighted by molar-refractivity contribution is 0.633. The first-order valence-corrected chi connectivity index (χ1v) is 5.44. The Morgan fingerprint density at radius 3 is 2.88 bits per heavy atom. The predicted octanol–water partition coefficient (Wildman–Crippen LogP) is 2.46. The number of anilines is 2. The molecule has 0 amide bonds. The van der Waals surface area contributed by atoms with E-state index in [1.807, 2.05) is 18.3 Å². The number of rotatable bonds is 4. The van der Waals surface area contributed by atoms with Crippen molar-refractivity contribution < 1.29 is 4.39 Å². The zero-order valence-electron chi connectivity index (χ0n) is 9.36. The van der Waals surface area contributed by atoms with Gasteiger partial charge in [-0.25, -0.2) is 4.39 Å². The van der Waals surface area contributed by atoms with Crippen LogP contribution in [0.1, 0.15) is 5.56 Å². The molecule has 3 N–H and O–H groups in total. The van der Waals surface area contributed by atoms with Gasteiger partial charge in [0.2, 0.25) is 0 Å². The number of hydrogen-bond acceptors (Lipinski definition) is 3. The molecule has 2 aromatic rings. The smallest absolute Gasteiger partial charge is 0.148 e. The van der Waals surface area contributed by atoms with Crippen LogP contribution in [0.5, 0.6) is 0 Å². The van der Waals surface area contributed by atoms with E-state index in [9.17, 15) is 4.39 Å². The van der Waals surface area contributed by atoms with Crippen LogP contribution in [0.25, 0.3) is 0 Å². The first kappa shape index (κ1) is 11.4. The average molecular weight is 231 g/mol. The number of benzene rings is 1. The fourth-order valence-corrected chi connectivity index (χ4v) is 1.58. The van der Waals surface area contributed by atoms with Gasteiger partial charge >= 0.3 is 0 Å². The van der Waals surface area contributed by atoms with Crippen molar-refractivity contribution in [1.82, 2.24) is 4.98 Å². The van der Waals surface area contributed by atoms with Crippen molar-refractivity contribution in [2.45, 2.75) is 6.42 Å². The summed E-state index contributed by atoms with van der Waals surface area (Å²) in [6, 6.07) is 8.65. The Morgan fingerprint density at radius 2 is 2.12 bits per heavy atom. The molecule has 0 radical (unpaired) electrons. The van der Waals surface area contributed by atoms with E-state index >= 15 is 0 Å². The van der Waals surface area contributed by atoms with E-state index in [2.05, 4.69) is 10.3 Å². The molecular weight excluding hydrogens is 217 g/mol. The van der Waals surface area contributed by atoms with Crippen LogP contribution >= 0.6 is 0 Å². The van der Waals surface area contributed by atoms with Crippen molar-refractivity contribution in [3.05, 3.63) is 54.1 Å². The standard InChI is InChI=1S/C13H14FN3/c14-11-4-1-5-12(13(11)15)17-8-6-10-3-2-7-16-9-10/h1-5,7,9,17H,6,8,15H2. The van der Waals surface area contributed by atoms with Crippen molar-refractivity contribution in [3.8, 4) is 0 Å². The summed E-state index contributed by atoms with van der Waals surface area (Å²) in [5.74, 6) is -0.392. The van der Waals surface area contributed by atoms with E-state index in [1.54, 1.807) is 18.3 Å². The quantitative estimate of drug-likeness (QED) is 0.795. The van der Waals surface area contributed by atoms with Gasteiger partial charge in [0.05, 0.1) is 11.4 Å². The molecule has 1 heterocycles. The maximum absolute atomic E-state index is 13.2. The molecule has 0 fully saturated rings. The summed E-state index contributed by atoms with van der Waals surface area (Å²) in [5.41, 5.74) is 7.55. The molecule has 17 heavy (non-hydrogen) atoms. The van der Waals surface area contributed by atoms with Gasteiger partial charge in [0.25, 0.3) is 0 Å². The van der Waals surface area contributed by atoms with Gasteiger partial charge in [-0.05, 0) is 30.2 Å². The Morgan fingerprint density at radius 1 is 1.24 bits per heavy atom. The van der Waals surface area contributed by atoms with Crippen LogP contribution in [-0.2, 0) is 6.42 Å². The number of halogens is 1. The predicted molar refractivity (Wildman–Crippen MR) is 67.2 cm³/mol. The Balaban J connectivity index is 1.93. The molecule has 0 bridgehead atoms. The highest BCUT2D eigenvalue weighted by atomic mass is 19.1. The summed E-state index contributed by atoms with van der Waals surface area (Å²) in [6.45, 7) is 0.694. The molecule has 1 aromatic carbocycles. The molecule has 0 atom stereocenters. The van der Waals surface area contributed by atoms with Gasteiger partial charge in [-0.3, -0.25) is 4.98 Å². The van der Waals surface area contributed by atoms with Crippen LogP contribution < -0.4 is 11.1 Å². The Hall–Kier alpha value is -2.10. The summed E-state index contributed by atoms with van der Waals surface area (Å²) in [6.07, 6.45) is 4.38. The third-order valence-corrected chi connectivity index (χ3v) is 2.50. The molecular formula is C13H14FN3. The minimum absolute atomic E-state index is 0.165. The van der Waals surface area contributed by atoms with Crippen molar-refractivity contribution in [1.29, 1.82) is 0 Å². The highest BCUT2D eigenvalue weighted by Gasteiger charge is 2.03. The maximum atomic E-state index is 13.2. The molecule has 88 valence electrons. The highest BCUT2D eigenvalue weighted by Crippen LogP contribution is 2.20. The molecule has 2 rings (SSSR count). The van der Waals surface area contributed by atoms with E-state index in [-0.39, 0.29) is 5.69 Å². The Bertz CT molecular complexity index is 485. The number of pyridine rings is 1. The second kappa shape index (κ2) is 5.30. The normalized spacial score (nSPS) is 10.2. The second-order valence-corrected chi connectivity index (χ2v) is 3.74. The van der Waals surface area contributed by atoms with Gasteiger partial charge in [-0.2, -0.15) is 0 Å². The zero-order valence-corrected chi connectivity index (χ0v) is 9.36. The Labute approximate surface area is 99.5 Å². The summed E-state index contributed by atoms with van der Waals surface area (Å²) < 4.78 is 13.2. The number of para-hydroxylation sites is 1. The number of nitrogens with one attached hydrogen (secondary N) is 1. The largest absolute Gasteiger partial charge is 0.395 e. The molecule has 1 aromatic heterocycles. The number of nitrogen functional groups attached to an aromatic ring is 1. The summed E-state index contributed by atoms with van der Waals surface area (Å²) >= 11 is 0. The summed E-state index contributed by atoms with van der Waals surface area (Å²) in [7, 11) is 0. The highest BCUT2D eigenvalue weighted by molar-refractivity contribution is 5.66. The molecule has 0 aliphatic carbocycles. The molecule has 3 nitrogen and oxygen atoms in total. The molecule has 0 aliphatic rings. The second-order valence-electron chi connectivity index (χ2n) is 3.74. The number of hydrogen-bond donors (Lipinski definition) is 2. The third-order valence-electron chi connectivity index (χ3n) is 2.50. The van der Waals surface area contributed by atoms with Crippen LogP contribution in [0.3, 0.4) is 0 Å². The first-order chi connectivity index (χ1) is 8.27. The van der Waals surface area contributed by atoms with Gasteiger partial charge in [0.15, 0.2) is 0 Å². The minimum Gasteiger partial charge on any atom is -0.395 e. The maximum Gasteiger partial charge on any atom is 0.148 e. The van der Waals surface area contributed by atoms with Crippen molar-refractivity contribution in [2.75, 3.05) is 17.6 Å². The van der Waals surface area contributed by atoms with Crippen molar-refractivity contribution in [2.24, 2.45) is 0 Å². The summed E-state index contributed by atoms with van der Waals surface area (Å²) in [4.78, 5) is 4.03. The van der Waals surface area contributed by atoms with Crippen LogP contribution in [0.15, 0.2) is 42.7 Å². The van der Waals surface area contributed by atoms with Crippen molar-refractivity contribution in [3.63, 3.8) is 0 Å². The SMILES string of the molecule is Nc1c(F)cccc1NCCc1cccnc1. The van der Waals surface area contributed by atoms with Gasteiger partial charge in [0.1, 0.15) is 5.82 Å². The third kappa shape index (κ3) is 2.93. The number of nitrogens with two attached hydrogens (primary N) is 1. The van der Waals surface area contributed by atoms with E-state index in [4.69, 9.17) is 5.73 Å². The minimum atomic E-state index is -0.392. The fraction of sp³-hybridized carbons (Fsp3) is 0.154. The van der Waals surface area contributed by atoms with E-state index in [1.165, 1.54) is 6.07 Å². The van der Waals surface area contributed by atoms with Crippen molar-refractivity contribution >= 4 is 11.4 Å². The van der Waals surface area contributed by atoms with Crippen LogP contribution in [0, 0.1) is 5.82 Å². The lowest BCUT2D eigenvalue weighted by Crippen LogP contribution is -2.07. The average Bonchev–Trinajstić information content (AvgIpc) is 2.36. The van der Waals surface area contributed by atoms with E-state index < -0.39 is 5.82 Å². The molecule has 0 saturated carbocycles. The molecule has 4 heteroatoms. The van der Waals surface area contributed by atoms with Gasteiger partial charge < -0.3 is 11.1 Å².